The molecule has 1 saturated heterocycles. The second-order valence-electron chi connectivity index (χ2n) is 3.70. The van der Waals surface area contributed by atoms with Gasteiger partial charge in [0.1, 0.15) is 5.82 Å². The first-order valence-corrected chi connectivity index (χ1v) is 5.08. The summed E-state index contributed by atoms with van der Waals surface area (Å²) in [6.07, 6.45) is 6.52. The lowest BCUT2D eigenvalue weighted by Gasteiger charge is -2.11. The van der Waals surface area contributed by atoms with Gasteiger partial charge in [-0.15, -0.1) is 0 Å². The molecule has 0 amide bonds. The highest BCUT2D eigenvalue weighted by Gasteiger charge is 2.16. The summed E-state index contributed by atoms with van der Waals surface area (Å²) < 4.78 is 0. The van der Waals surface area contributed by atoms with Gasteiger partial charge in [0, 0.05) is 12.5 Å². The maximum Gasteiger partial charge on any atom is 0.152 e. The Balaban J connectivity index is 2.08. The number of hydrogen-bond donors (Lipinski definition) is 2. The molecule has 1 atom stereocenters. The van der Waals surface area contributed by atoms with E-state index < -0.39 is 0 Å². The predicted molar refractivity (Wildman–Crippen MR) is 53.2 cm³/mol. The highest BCUT2D eigenvalue weighted by atomic mass is 16.3. The average molecular weight is 193 g/mol. The van der Waals surface area contributed by atoms with Crippen LogP contribution in [0.25, 0.3) is 0 Å². The van der Waals surface area contributed by atoms with Crippen molar-refractivity contribution in [1.82, 2.24) is 15.3 Å². The molecule has 1 aromatic heterocycles. The Kier molecular flexibility index (Phi) is 2.93. The van der Waals surface area contributed by atoms with Crippen LogP contribution in [0.3, 0.4) is 0 Å². The largest absolute Gasteiger partial charge is 0.505 e. The third-order valence-electron chi connectivity index (χ3n) is 2.57. The topological polar surface area (TPSA) is 58.0 Å². The molecular weight excluding hydrogens is 178 g/mol. The molecule has 4 nitrogen and oxygen atoms in total. The second kappa shape index (κ2) is 4.37. The van der Waals surface area contributed by atoms with Gasteiger partial charge in [-0.3, -0.25) is 0 Å². The monoisotopic (exact) mass is 193 g/mol. The van der Waals surface area contributed by atoms with Gasteiger partial charge in [0.15, 0.2) is 5.75 Å². The van der Waals surface area contributed by atoms with Crippen molar-refractivity contribution in [3.8, 4) is 5.75 Å². The van der Waals surface area contributed by atoms with Gasteiger partial charge in [0.25, 0.3) is 0 Å². The highest BCUT2D eigenvalue weighted by Crippen LogP contribution is 2.20. The van der Waals surface area contributed by atoms with Crippen LogP contribution in [0, 0.1) is 0 Å². The first-order valence-electron chi connectivity index (χ1n) is 5.08. The number of rotatable bonds is 1. The molecule has 1 unspecified atom stereocenters. The number of nitrogens with one attached hydrogen (secondary N) is 1. The lowest BCUT2D eigenvalue weighted by atomic mass is 10.0. The molecule has 1 aliphatic heterocycles. The third kappa shape index (κ3) is 2.20. The Hall–Kier alpha value is -1.16. The van der Waals surface area contributed by atoms with Crippen molar-refractivity contribution in [2.24, 2.45) is 0 Å². The molecule has 1 aromatic rings. The number of nitrogens with zero attached hydrogens (tertiary/aromatic N) is 2. The van der Waals surface area contributed by atoms with Crippen molar-refractivity contribution in [2.45, 2.75) is 25.2 Å². The molecule has 0 bridgehead atoms. The summed E-state index contributed by atoms with van der Waals surface area (Å²) in [6.45, 7) is 2.04. The van der Waals surface area contributed by atoms with Crippen LogP contribution in [-0.2, 0) is 0 Å². The minimum atomic E-state index is 0.135. The second-order valence-corrected chi connectivity index (χ2v) is 3.70. The van der Waals surface area contributed by atoms with Crippen LogP contribution in [0.15, 0.2) is 12.4 Å². The van der Waals surface area contributed by atoms with Gasteiger partial charge >= 0.3 is 0 Å². The molecule has 0 aliphatic carbocycles. The molecule has 0 radical (unpaired) electrons. The van der Waals surface area contributed by atoms with E-state index >= 15 is 0 Å². The first kappa shape index (κ1) is 9.40. The molecule has 1 aliphatic rings. The van der Waals surface area contributed by atoms with Crippen molar-refractivity contribution in [1.29, 1.82) is 0 Å². The Labute approximate surface area is 83.4 Å². The maximum atomic E-state index is 9.07. The molecule has 2 N–H and O–H groups in total. The van der Waals surface area contributed by atoms with E-state index in [4.69, 9.17) is 5.11 Å². The van der Waals surface area contributed by atoms with E-state index in [0.29, 0.717) is 5.92 Å². The zero-order valence-corrected chi connectivity index (χ0v) is 8.11. The quantitative estimate of drug-likeness (QED) is 0.699. The van der Waals surface area contributed by atoms with E-state index in [1.165, 1.54) is 25.2 Å². The smallest absolute Gasteiger partial charge is 0.152 e. The Morgan fingerprint density at radius 1 is 1.29 bits per heavy atom. The van der Waals surface area contributed by atoms with Gasteiger partial charge in [-0.05, 0) is 19.4 Å². The summed E-state index contributed by atoms with van der Waals surface area (Å²) in [5.41, 5.74) is 0. The third-order valence-corrected chi connectivity index (χ3v) is 2.57. The SMILES string of the molecule is Oc1cnc(C2CCCCNC2)nc1. The standard InChI is InChI=1S/C10H15N3O/c14-9-6-12-10(13-7-9)8-3-1-2-4-11-5-8/h6-8,11,14H,1-5H2. The molecule has 2 heterocycles. The molecule has 0 aromatic carbocycles. The van der Waals surface area contributed by atoms with E-state index in [1.54, 1.807) is 0 Å². The predicted octanol–water partition coefficient (Wildman–Crippen LogP) is 1.04. The van der Waals surface area contributed by atoms with E-state index in [1.807, 2.05) is 0 Å². The van der Waals surface area contributed by atoms with Crippen LogP contribution in [-0.4, -0.2) is 28.2 Å². The lowest BCUT2D eigenvalue weighted by molar-refractivity contribution is 0.465. The van der Waals surface area contributed by atoms with E-state index in [-0.39, 0.29) is 5.75 Å². The van der Waals surface area contributed by atoms with Crippen molar-refractivity contribution in [2.75, 3.05) is 13.1 Å². The van der Waals surface area contributed by atoms with Crippen LogP contribution < -0.4 is 5.32 Å². The van der Waals surface area contributed by atoms with Gasteiger partial charge in [-0.1, -0.05) is 6.42 Å². The number of hydrogen-bond acceptors (Lipinski definition) is 4. The summed E-state index contributed by atoms with van der Waals surface area (Å²) in [4.78, 5) is 8.28. The van der Waals surface area contributed by atoms with Gasteiger partial charge in [-0.2, -0.15) is 0 Å². The number of aromatic nitrogens is 2. The minimum Gasteiger partial charge on any atom is -0.505 e. The van der Waals surface area contributed by atoms with E-state index in [0.717, 1.165) is 25.3 Å². The minimum absolute atomic E-state index is 0.135. The fourth-order valence-electron chi connectivity index (χ4n) is 1.78. The van der Waals surface area contributed by atoms with Crippen molar-refractivity contribution >= 4 is 0 Å². The maximum absolute atomic E-state index is 9.07. The molecule has 4 heteroatoms. The van der Waals surface area contributed by atoms with Gasteiger partial charge in [-0.25, -0.2) is 9.97 Å². The van der Waals surface area contributed by atoms with Crippen LogP contribution in [0.5, 0.6) is 5.75 Å². The summed E-state index contributed by atoms with van der Waals surface area (Å²) >= 11 is 0. The highest BCUT2D eigenvalue weighted by molar-refractivity contribution is 5.11. The van der Waals surface area contributed by atoms with Crippen LogP contribution in [0.4, 0.5) is 0 Å². The molecule has 0 spiro atoms. The molecule has 2 rings (SSSR count). The zero-order valence-electron chi connectivity index (χ0n) is 8.11. The molecule has 1 fully saturated rings. The fourth-order valence-corrected chi connectivity index (χ4v) is 1.78. The van der Waals surface area contributed by atoms with Crippen molar-refractivity contribution in [3.63, 3.8) is 0 Å². The van der Waals surface area contributed by atoms with Crippen LogP contribution >= 0.6 is 0 Å². The van der Waals surface area contributed by atoms with Gasteiger partial charge in [0.2, 0.25) is 0 Å². The molecule has 0 saturated carbocycles. The fraction of sp³-hybridized carbons (Fsp3) is 0.600. The normalized spacial score (nSPS) is 23.0. The Bertz CT molecular complexity index is 278. The van der Waals surface area contributed by atoms with Crippen LogP contribution in [0.1, 0.15) is 31.0 Å². The van der Waals surface area contributed by atoms with Gasteiger partial charge in [0.05, 0.1) is 12.4 Å². The van der Waals surface area contributed by atoms with Crippen molar-refractivity contribution < 1.29 is 5.11 Å². The molecule has 76 valence electrons. The first-order chi connectivity index (χ1) is 6.86. The Morgan fingerprint density at radius 2 is 2.07 bits per heavy atom. The summed E-state index contributed by atoms with van der Waals surface area (Å²) in [5.74, 6) is 1.38. The summed E-state index contributed by atoms with van der Waals surface area (Å²) in [6, 6.07) is 0. The van der Waals surface area contributed by atoms with Crippen LogP contribution in [0.2, 0.25) is 0 Å². The lowest BCUT2D eigenvalue weighted by Crippen LogP contribution is -2.20. The van der Waals surface area contributed by atoms with E-state index in [2.05, 4.69) is 15.3 Å². The van der Waals surface area contributed by atoms with Crippen molar-refractivity contribution in [3.05, 3.63) is 18.2 Å². The summed E-state index contributed by atoms with van der Waals surface area (Å²) in [7, 11) is 0. The zero-order chi connectivity index (χ0) is 9.80. The molecular formula is C10H15N3O. The average Bonchev–Trinajstić information content (AvgIpc) is 2.47. The molecule has 14 heavy (non-hydrogen) atoms. The number of aromatic hydroxyl groups is 1. The van der Waals surface area contributed by atoms with E-state index in [9.17, 15) is 0 Å². The summed E-state index contributed by atoms with van der Waals surface area (Å²) in [5, 5.41) is 12.4. The van der Waals surface area contributed by atoms with Gasteiger partial charge < -0.3 is 10.4 Å². The Morgan fingerprint density at radius 3 is 2.86 bits per heavy atom.